The van der Waals surface area contributed by atoms with E-state index in [0.717, 1.165) is 38.6 Å². The van der Waals surface area contributed by atoms with Crippen LogP contribution in [0.1, 0.15) is 32.1 Å². The van der Waals surface area contributed by atoms with Crippen LogP contribution in [0.5, 0.6) is 0 Å². The van der Waals surface area contributed by atoms with Crippen molar-refractivity contribution in [2.45, 2.75) is 50.2 Å². The highest BCUT2D eigenvalue weighted by atomic mass is 16.2. The molecular weight excluding hydrogens is 202 g/mol. The molecule has 0 aromatic heterocycles. The number of rotatable bonds is 2. The number of carbonyl (C=O) groups excluding carboxylic acids is 1. The minimum atomic E-state index is 0.115. The van der Waals surface area contributed by atoms with Gasteiger partial charge >= 0.3 is 0 Å². The first kappa shape index (κ1) is 11.9. The first-order valence-corrected chi connectivity index (χ1v) is 6.32. The van der Waals surface area contributed by atoms with E-state index in [2.05, 4.69) is 11.9 Å². The standard InChI is InChI=1S/C12H23N3O/c1-14-8-7-11(12(14)16)15(2)10-5-3-9(13)4-6-10/h9-11H,3-8,13H2,1-2H3. The van der Waals surface area contributed by atoms with Gasteiger partial charge < -0.3 is 10.6 Å². The summed E-state index contributed by atoms with van der Waals surface area (Å²) in [4.78, 5) is 16.0. The summed E-state index contributed by atoms with van der Waals surface area (Å²) in [5, 5.41) is 0. The second kappa shape index (κ2) is 4.72. The maximum Gasteiger partial charge on any atom is 0.239 e. The quantitative estimate of drug-likeness (QED) is 0.741. The monoisotopic (exact) mass is 225 g/mol. The van der Waals surface area contributed by atoms with Gasteiger partial charge in [0.05, 0.1) is 6.04 Å². The Kier molecular flexibility index (Phi) is 3.50. The average molecular weight is 225 g/mol. The topological polar surface area (TPSA) is 49.6 Å². The minimum Gasteiger partial charge on any atom is -0.344 e. The fraction of sp³-hybridized carbons (Fsp3) is 0.917. The van der Waals surface area contributed by atoms with Gasteiger partial charge in [-0.05, 0) is 39.2 Å². The lowest BCUT2D eigenvalue weighted by molar-refractivity contribution is -0.131. The molecular formula is C12H23N3O. The van der Waals surface area contributed by atoms with Crippen LogP contribution in [-0.4, -0.2) is 54.5 Å². The van der Waals surface area contributed by atoms with Crippen molar-refractivity contribution >= 4 is 5.91 Å². The van der Waals surface area contributed by atoms with Crippen LogP contribution < -0.4 is 5.73 Å². The highest BCUT2D eigenvalue weighted by molar-refractivity contribution is 5.83. The summed E-state index contributed by atoms with van der Waals surface area (Å²) in [6.45, 7) is 0.903. The molecule has 16 heavy (non-hydrogen) atoms. The Balaban J connectivity index is 1.92. The van der Waals surface area contributed by atoms with Gasteiger partial charge in [-0.25, -0.2) is 0 Å². The van der Waals surface area contributed by atoms with Crippen molar-refractivity contribution < 1.29 is 4.79 Å². The zero-order valence-electron chi connectivity index (χ0n) is 10.4. The first-order chi connectivity index (χ1) is 7.59. The molecule has 1 atom stereocenters. The van der Waals surface area contributed by atoms with Crippen LogP contribution >= 0.6 is 0 Å². The third-order valence-corrected chi connectivity index (χ3v) is 4.21. The van der Waals surface area contributed by atoms with E-state index in [4.69, 9.17) is 5.73 Å². The predicted octanol–water partition coefficient (Wildman–Crippen LogP) is 0.419. The minimum absolute atomic E-state index is 0.115. The zero-order valence-corrected chi connectivity index (χ0v) is 10.4. The summed E-state index contributed by atoms with van der Waals surface area (Å²) in [5.74, 6) is 0.289. The third-order valence-electron chi connectivity index (χ3n) is 4.21. The summed E-state index contributed by atoms with van der Waals surface area (Å²) in [7, 11) is 4.00. The smallest absolute Gasteiger partial charge is 0.239 e. The molecule has 1 amide bonds. The molecule has 1 saturated heterocycles. The number of likely N-dealkylation sites (tertiary alicyclic amines) is 1. The molecule has 1 aliphatic carbocycles. The van der Waals surface area contributed by atoms with Crippen LogP contribution in [0.4, 0.5) is 0 Å². The lowest BCUT2D eigenvalue weighted by Crippen LogP contribution is -2.47. The van der Waals surface area contributed by atoms with E-state index in [1.54, 1.807) is 0 Å². The van der Waals surface area contributed by atoms with Gasteiger partial charge in [0.15, 0.2) is 0 Å². The summed E-state index contributed by atoms with van der Waals surface area (Å²) in [6, 6.07) is 1.05. The highest BCUT2D eigenvalue weighted by Gasteiger charge is 2.36. The third kappa shape index (κ3) is 2.23. The number of hydrogen-bond acceptors (Lipinski definition) is 3. The zero-order chi connectivity index (χ0) is 11.7. The van der Waals surface area contributed by atoms with E-state index in [-0.39, 0.29) is 11.9 Å². The van der Waals surface area contributed by atoms with Crippen LogP contribution in [-0.2, 0) is 4.79 Å². The molecule has 1 unspecified atom stereocenters. The Bertz CT molecular complexity index is 261. The number of carbonyl (C=O) groups is 1. The Morgan fingerprint density at radius 3 is 2.38 bits per heavy atom. The van der Waals surface area contributed by atoms with E-state index >= 15 is 0 Å². The fourth-order valence-corrected chi connectivity index (χ4v) is 2.95. The molecule has 0 aromatic carbocycles. The molecule has 1 saturated carbocycles. The van der Waals surface area contributed by atoms with Gasteiger partial charge in [0, 0.05) is 25.7 Å². The van der Waals surface area contributed by atoms with Gasteiger partial charge in [0.2, 0.25) is 5.91 Å². The summed E-state index contributed by atoms with van der Waals surface area (Å²) >= 11 is 0. The molecule has 4 heteroatoms. The molecule has 2 fully saturated rings. The highest BCUT2D eigenvalue weighted by Crippen LogP contribution is 2.25. The van der Waals surface area contributed by atoms with Crippen molar-refractivity contribution in [2.75, 3.05) is 20.6 Å². The van der Waals surface area contributed by atoms with Crippen LogP contribution in [0.2, 0.25) is 0 Å². The maximum atomic E-state index is 11.9. The second-order valence-electron chi connectivity index (χ2n) is 5.30. The van der Waals surface area contributed by atoms with Crippen LogP contribution in [0, 0.1) is 0 Å². The lowest BCUT2D eigenvalue weighted by Gasteiger charge is -2.36. The predicted molar refractivity (Wildman–Crippen MR) is 64.0 cm³/mol. The number of hydrogen-bond donors (Lipinski definition) is 1. The molecule has 0 spiro atoms. The summed E-state index contributed by atoms with van der Waals surface area (Å²) < 4.78 is 0. The van der Waals surface area contributed by atoms with Crippen molar-refractivity contribution in [3.63, 3.8) is 0 Å². The fourth-order valence-electron chi connectivity index (χ4n) is 2.95. The van der Waals surface area contributed by atoms with Gasteiger partial charge in [0.1, 0.15) is 0 Å². The van der Waals surface area contributed by atoms with Crippen molar-refractivity contribution in [3.8, 4) is 0 Å². The first-order valence-electron chi connectivity index (χ1n) is 6.32. The second-order valence-corrected chi connectivity index (χ2v) is 5.30. The lowest BCUT2D eigenvalue weighted by atomic mass is 9.90. The van der Waals surface area contributed by atoms with Crippen molar-refractivity contribution in [1.29, 1.82) is 0 Å². The number of nitrogens with two attached hydrogens (primary N) is 1. The number of amides is 1. The average Bonchev–Trinajstić information content (AvgIpc) is 2.60. The van der Waals surface area contributed by atoms with Crippen molar-refractivity contribution in [3.05, 3.63) is 0 Å². The van der Waals surface area contributed by atoms with E-state index in [9.17, 15) is 4.79 Å². The number of likely N-dealkylation sites (N-methyl/N-ethyl adjacent to an activating group) is 2. The SMILES string of the molecule is CN1CCC(N(C)C2CCC(N)CC2)C1=O. The molecule has 0 aromatic rings. The van der Waals surface area contributed by atoms with Gasteiger partial charge in [-0.3, -0.25) is 9.69 Å². The number of nitrogens with zero attached hydrogens (tertiary/aromatic N) is 2. The van der Waals surface area contributed by atoms with E-state index in [1.807, 2.05) is 11.9 Å². The molecule has 0 radical (unpaired) electrons. The Morgan fingerprint density at radius 2 is 1.88 bits per heavy atom. The van der Waals surface area contributed by atoms with Crippen LogP contribution in [0.15, 0.2) is 0 Å². The van der Waals surface area contributed by atoms with Gasteiger partial charge in [-0.15, -0.1) is 0 Å². The normalized spacial score (nSPS) is 36.1. The molecule has 0 bridgehead atoms. The molecule has 1 aliphatic heterocycles. The molecule has 2 aliphatic rings. The summed E-state index contributed by atoms with van der Waals surface area (Å²) in [5.41, 5.74) is 5.91. The van der Waals surface area contributed by atoms with E-state index in [0.29, 0.717) is 12.1 Å². The van der Waals surface area contributed by atoms with Crippen molar-refractivity contribution in [2.24, 2.45) is 5.73 Å². The Labute approximate surface area is 97.8 Å². The molecule has 4 nitrogen and oxygen atoms in total. The van der Waals surface area contributed by atoms with Gasteiger partial charge in [0.25, 0.3) is 0 Å². The summed E-state index contributed by atoms with van der Waals surface area (Å²) in [6.07, 6.45) is 5.47. The van der Waals surface area contributed by atoms with E-state index < -0.39 is 0 Å². The molecule has 2 N–H and O–H groups in total. The van der Waals surface area contributed by atoms with E-state index in [1.165, 1.54) is 0 Å². The maximum absolute atomic E-state index is 11.9. The Morgan fingerprint density at radius 1 is 1.25 bits per heavy atom. The van der Waals surface area contributed by atoms with Crippen LogP contribution in [0.25, 0.3) is 0 Å². The Hall–Kier alpha value is -0.610. The van der Waals surface area contributed by atoms with Crippen LogP contribution in [0.3, 0.4) is 0 Å². The van der Waals surface area contributed by atoms with Gasteiger partial charge in [-0.1, -0.05) is 0 Å². The molecule has 1 heterocycles. The molecule has 92 valence electrons. The molecule has 2 rings (SSSR count). The van der Waals surface area contributed by atoms with Crippen molar-refractivity contribution in [1.82, 2.24) is 9.80 Å². The van der Waals surface area contributed by atoms with Gasteiger partial charge in [-0.2, -0.15) is 0 Å². The largest absolute Gasteiger partial charge is 0.344 e.